The lowest BCUT2D eigenvalue weighted by Gasteiger charge is -2.18. The summed E-state index contributed by atoms with van der Waals surface area (Å²) in [5, 5.41) is 28.1. The zero-order valence-corrected chi connectivity index (χ0v) is 27.4. The summed E-state index contributed by atoms with van der Waals surface area (Å²) >= 11 is 7.00. The Kier molecular flexibility index (Phi) is 11.2. The zero-order valence-electron chi connectivity index (χ0n) is 26.6. The van der Waals surface area contributed by atoms with Crippen LogP contribution in [0.5, 0.6) is 5.75 Å². The van der Waals surface area contributed by atoms with Gasteiger partial charge in [0.25, 0.3) is 5.91 Å². The molecule has 1 aliphatic heterocycles. The van der Waals surface area contributed by atoms with E-state index in [2.05, 4.69) is 25.9 Å². The van der Waals surface area contributed by atoms with Crippen molar-refractivity contribution in [3.8, 4) is 28.1 Å². The number of carbonyl (C=O) groups is 3. The number of carbonyl (C=O) groups excluding carboxylic acids is 2. The third-order valence-corrected chi connectivity index (χ3v) is 8.57. The third kappa shape index (κ3) is 8.08. The average Bonchev–Trinajstić information content (AvgIpc) is 3.50. The molecule has 1 atom stereocenters. The third-order valence-electron chi connectivity index (χ3n) is 8.18. The SMILES string of the molecule is COc1cc(-c2nccc(-c3cccc(NC(=O)c4ccc(CN(CCO)C(=O)O)cn4)c3C)c2Cl)ccc1CNC[C@@H]1CCC(=O)N1. The Hall–Kier alpha value is -5.04. The van der Waals surface area contributed by atoms with Gasteiger partial charge in [-0.15, -0.1) is 0 Å². The van der Waals surface area contributed by atoms with Crippen molar-refractivity contribution in [1.29, 1.82) is 0 Å². The van der Waals surface area contributed by atoms with Crippen molar-refractivity contribution in [2.24, 2.45) is 0 Å². The molecular weight excluding hydrogens is 636 g/mol. The number of benzene rings is 2. The van der Waals surface area contributed by atoms with E-state index in [0.29, 0.717) is 47.2 Å². The Morgan fingerprint density at radius 2 is 1.96 bits per heavy atom. The summed E-state index contributed by atoms with van der Waals surface area (Å²) in [5.74, 6) is 0.347. The number of anilines is 1. The molecule has 0 saturated carbocycles. The van der Waals surface area contributed by atoms with Gasteiger partial charge in [0.1, 0.15) is 11.4 Å². The van der Waals surface area contributed by atoms with Gasteiger partial charge in [-0.25, -0.2) is 4.79 Å². The molecule has 0 aliphatic carbocycles. The smallest absolute Gasteiger partial charge is 0.407 e. The van der Waals surface area contributed by atoms with Crippen molar-refractivity contribution < 1.29 is 29.3 Å². The second kappa shape index (κ2) is 15.7. The monoisotopic (exact) mass is 672 g/mol. The van der Waals surface area contributed by atoms with E-state index in [1.54, 1.807) is 25.4 Å². The summed E-state index contributed by atoms with van der Waals surface area (Å²) in [4.78, 5) is 45.8. The van der Waals surface area contributed by atoms with Gasteiger partial charge in [-0.05, 0) is 54.3 Å². The van der Waals surface area contributed by atoms with Crippen molar-refractivity contribution >= 4 is 35.2 Å². The largest absolute Gasteiger partial charge is 0.496 e. The molecule has 0 unspecified atom stereocenters. The van der Waals surface area contributed by atoms with Crippen LogP contribution in [0.2, 0.25) is 5.02 Å². The molecule has 3 amide bonds. The van der Waals surface area contributed by atoms with Gasteiger partial charge in [0.15, 0.2) is 0 Å². The normalized spacial score (nSPS) is 14.0. The number of aromatic nitrogens is 2. The first-order chi connectivity index (χ1) is 23.2. The first-order valence-electron chi connectivity index (χ1n) is 15.4. The summed E-state index contributed by atoms with van der Waals surface area (Å²) in [6.07, 6.45) is 3.37. The zero-order chi connectivity index (χ0) is 34.2. The summed E-state index contributed by atoms with van der Waals surface area (Å²) in [7, 11) is 1.62. The maximum atomic E-state index is 13.1. The van der Waals surface area contributed by atoms with Gasteiger partial charge in [-0.1, -0.05) is 41.9 Å². The predicted molar refractivity (Wildman–Crippen MR) is 182 cm³/mol. The van der Waals surface area contributed by atoms with Crippen molar-refractivity contribution in [2.45, 2.75) is 38.9 Å². The fraction of sp³-hybridized carbons (Fsp3) is 0.286. The number of aliphatic hydroxyl groups is 1. The van der Waals surface area contributed by atoms with Gasteiger partial charge >= 0.3 is 6.09 Å². The van der Waals surface area contributed by atoms with Crippen LogP contribution in [0.1, 0.15) is 40.0 Å². The molecule has 0 radical (unpaired) electrons. The average molecular weight is 673 g/mol. The number of aliphatic hydroxyl groups excluding tert-OH is 1. The van der Waals surface area contributed by atoms with Crippen molar-refractivity contribution in [3.63, 3.8) is 0 Å². The minimum Gasteiger partial charge on any atom is -0.496 e. The van der Waals surface area contributed by atoms with Gasteiger partial charge in [0, 0.05) is 66.9 Å². The van der Waals surface area contributed by atoms with Crippen molar-refractivity contribution in [2.75, 3.05) is 32.1 Å². The molecule has 13 heteroatoms. The Morgan fingerprint density at radius 1 is 1.12 bits per heavy atom. The van der Waals surface area contributed by atoms with E-state index in [1.807, 2.05) is 43.3 Å². The predicted octanol–water partition coefficient (Wildman–Crippen LogP) is 4.87. The highest BCUT2D eigenvalue weighted by Gasteiger charge is 2.21. The molecule has 3 heterocycles. The van der Waals surface area contributed by atoms with Gasteiger partial charge in [-0.2, -0.15) is 0 Å². The van der Waals surface area contributed by atoms with Crippen LogP contribution in [0.25, 0.3) is 22.4 Å². The number of hydrogen-bond donors (Lipinski definition) is 5. The highest BCUT2D eigenvalue weighted by Crippen LogP contribution is 2.39. The van der Waals surface area contributed by atoms with Crippen LogP contribution in [-0.4, -0.2) is 75.8 Å². The number of nitrogens with one attached hydrogen (secondary N) is 3. The topological polar surface area (TPSA) is 166 Å². The van der Waals surface area contributed by atoms with Crippen LogP contribution in [0, 0.1) is 6.92 Å². The minimum atomic E-state index is -1.16. The van der Waals surface area contributed by atoms with Gasteiger partial charge in [0.2, 0.25) is 5.91 Å². The lowest BCUT2D eigenvalue weighted by molar-refractivity contribution is -0.119. The van der Waals surface area contributed by atoms with E-state index < -0.39 is 12.0 Å². The number of carboxylic acid groups (broad SMARTS) is 1. The van der Waals surface area contributed by atoms with E-state index in [9.17, 15) is 19.5 Å². The summed E-state index contributed by atoms with van der Waals surface area (Å²) in [6.45, 7) is 2.85. The molecule has 1 saturated heterocycles. The van der Waals surface area contributed by atoms with Gasteiger partial charge < -0.3 is 35.8 Å². The summed E-state index contributed by atoms with van der Waals surface area (Å²) in [5.41, 5.74) is 6.00. The van der Waals surface area contributed by atoms with Crippen molar-refractivity contribution in [3.05, 3.63) is 94.4 Å². The fourth-order valence-corrected chi connectivity index (χ4v) is 5.91. The van der Waals surface area contributed by atoms with Crippen LogP contribution in [-0.2, 0) is 17.9 Å². The molecule has 250 valence electrons. The number of hydrogen-bond acceptors (Lipinski definition) is 8. The Bertz CT molecular complexity index is 1800. The molecular formula is C35H37ClN6O6. The number of amides is 3. The van der Waals surface area contributed by atoms with Crippen LogP contribution in [0.15, 0.2) is 67.0 Å². The van der Waals surface area contributed by atoms with E-state index in [1.165, 1.54) is 12.3 Å². The maximum absolute atomic E-state index is 13.1. The Morgan fingerprint density at radius 3 is 2.65 bits per heavy atom. The first kappa shape index (κ1) is 34.3. The molecule has 48 heavy (non-hydrogen) atoms. The second-order valence-electron chi connectivity index (χ2n) is 11.4. The molecule has 0 spiro atoms. The Labute approximate surface area is 283 Å². The number of rotatable bonds is 13. The second-order valence-corrected chi connectivity index (χ2v) is 11.8. The van der Waals surface area contributed by atoms with E-state index in [4.69, 9.17) is 21.4 Å². The highest BCUT2D eigenvalue weighted by atomic mass is 35.5. The van der Waals surface area contributed by atoms with Gasteiger partial charge in [-0.3, -0.25) is 19.6 Å². The maximum Gasteiger partial charge on any atom is 0.407 e. The lowest BCUT2D eigenvalue weighted by atomic mass is 9.97. The highest BCUT2D eigenvalue weighted by molar-refractivity contribution is 6.35. The molecule has 5 N–H and O–H groups in total. The number of nitrogens with zero attached hydrogens (tertiary/aromatic N) is 3. The van der Waals surface area contributed by atoms with E-state index >= 15 is 0 Å². The number of ether oxygens (including phenoxy) is 1. The molecule has 1 aliphatic rings. The van der Waals surface area contributed by atoms with Crippen LogP contribution in [0.4, 0.5) is 10.5 Å². The molecule has 1 fully saturated rings. The molecule has 2 aromatic heterocycles. The standard InChI is InChI=1S/C35H37ClN6O6/c1-21-26(4-3-5-28(21)41-34(45)29-10-6-22(17-39-29)20-42(14-15-43)35(46)47)27-12-13-38-33(32(27)36)23-7-8-24(30(16-23)48-2)18-37-19-25-9-11-31(44)40-25/h3-8,10,12-13,16-17,25,37,43H,9,11,14-15,18-20H2,1-2H3,(H,40,44)(H,41,45)(H,46,47)/t25-/m0/s1. The summed E-state index contributed by atoms with van der Waals surface area (Å²) < 4.78 is 5.69. The lowest BCUT2D eigenvalue weighted by Crippen LogP contribution is -2.35. The fourth-order valence-electron chi connectivity index (χ4n) is 5.59. The Balaban J connectivity index is 1.31. The number of halogens is 1. The molecule has 12 nitrogen and oxygen atoms in total. The minimum absolute atomic E-state index is 0.0293. The molecule has 5 rings (SSSR count). The van der Waals surface area contributed by atoms with Crippen LogP contribution >= 0.6 is 11.6 Å². The van der Waals surface area contributed by atoms with Gasteiger partial charge in [0.05, 0.1) is 31.0 Å². The van der Waals surface area contributed by atoms with Crippen molar-refractivity contribution in [1.82, 2.24) is 25.5 Å². The van der Waals surface area contributed by atoms with Crippen LogP contribution in [0.3, 0.4) is 0 Å². The van der Waals surface area contributed by atoms with Crippen LogP contribution < -0.4 is 20.7 Å². The molecule has 4 aromatic rings. The number of methoxy groups -OCH3 is 1. The number of pyridine rings is 2. The first-order valence-corrected chi connectivity index (χ1v) is 15.8. The quantitative estimate of drug-likeness (QED) is 0.133. The summed E-state index contributed by atoms with van der Waals surface area (Å²) in [6, 6.07) is 16.5. The van der Waals surface area contributed by atoms with E-state index in [0.717, 1.165) is 39.1 Å². The molecule has 0 bridgehead atoms. The molecule has 2 aromatic carbocycles. The van der Waals surface area contributed by atoms with E-state index in [-0.39, 0.29) is 37.3 Å².